The Kier molecular flexibility index (Phi) is 7.34. The Labute approximate surface area is 202 Å². The van der Waals surface area contributed by atoms with Crippen LogP contribution in [-0.2, 0) is 4.79 Å². The van der Waals surface area contributed by atoms with Gasteiger partial charge in [0.25, 0.3) is 11.6 Å². The van der Waals surface area contributed by atoms with E-state index in [4.69, 9.17) is 0 Å². The Morgan fingerprint density at radius 3 is 2.56 bits per heavy atom. The summed E-state index contributed by atoms with van der Waals surface area (Å²) in [6, 6.07) is 15.3. The molecule has 0 aliphatic carbocycles. The molecule has 0 bridgehead atoms. The van der Waals surface area contributed by atoms with Gasteiger partial charge in [-0.3, -0.25) is 24.6 Å². The van der Waals surface area contributed by atoms with Crippen molar-refractivity contribution in [3.05, 3.63) is 92.2 Å². The molecule has 0 spiro atoms. The first-order valence-corrected chi connectivity index (χ1v) is 12.0. The maximum Gasteiger partial charge on any atom is 0.293 e. The van der Waals surface area contributed by atoms with E-state index in [1.54, 1.807) is 19.1 Å². The molecule has 1 aliphatic rings. The lowest BCUT2D eigenvalue weighted by Gasteiger charge is -2.30. The standard InChI is InChI=1S/C25H26N4O4S/c1-18-8-9-21(22(16-18)29(32)33)26-24(30)23(19-6-3-2-4-7-19)27-11-5-12-28(14-13-27)25(31)20-10-15-34-17-20/h2-4,6-10,15-17,23H,5,11-14H2,1H3,(H,26,30). The van der Waals surface area contributed by atoms with Gasteiger partial charge in [0.2, 0.25) is 5.91 Å². The van der Waals surface area contributed by atoms with Gasteiger partial charge >= 0.3 is 0 Å². The molecule has 9 heteroatoms. The maximum atomic E-state index is 13.5. The van der Waals surface area contributed by atoms with Crippen molar-refractivity contribution in [1.29, 1.82) is 0 Å². The molecule has 1 aliphatic heterocycles. The van der Waals surface area contributed by atoms with Gasteiger partial charge in [0.1, 0.15) is 11.7 Å². The number of anilines is 1. The van der Waals surface area contributed by atoms with E-state index in [9.17, 15) is 19.7 Å². The fourth-order valence-corrected chi connectivity index (χ4v) is 4.86. The van der Waals surface area contributed by atoms with E-state index in [2.05, 4.69) is 5.32 Å². The zero-order valence-corrected chi connectivity index (χ0v) is 19.7. The van der Waals surface area contributed by atoms with Crippen LogP contribution < -0.4 is 5.32 Å². The van der Waals surface area contributed by atoms with Crippen LogP contribution in [-0.4, -0.2) is 52.7 Å². The minimum Gasteiger partial charge on any atom is -0.337 e. The molecule has 1 unspecified atom stereocenters. The summed E-state index contributed by atoms with van der Waals surface area (Å²) in [5.74, 6) is -0.338. The van der Waals surface area contributed by atoms with Crippen LogP contribution in [0.4, 0.5) is 11.4 Å². The molecule has 2 aromatic carbocycles. The second kappa shape index (κ2) is 10.6. The quantitative estimate of drug-likeness (QED) is 0.416. The highest BCUT2D eigenvalue weighted by Gasteiger charge is 2.31. The number of nitrogens with one attached hydrogen (secondary N) is 1. The van der Waals surface area contributed by atoms with Crippen LogP contribution >= 0.6 is 11.3 Å². The minimum atomic E-state index is -0.640. The zero-order valence-electron chi connectivity index (χ0n) is 18.8. The molecule has 1 fully saturated rings. The Balaban J connectivity index is 1.57. The van der Waals surface area contributed by atoms with Crippen molar-refractivity contribution in [3.8, 4) is 0 Å². The number of nitro groups is 1. The topological polar surface area (TPSA) is 95.8 Å². The molecule has 1 atom stereocenters. The molecule has 8 nitrogen and oxygen atoms in total. The maximum absolute atomic E-state index is 13.5. The lowest BCUT2D eigenvalue weighted by atomic mass is 10.0. The summed E-state index contributed by atoms with van der Waals surface area (Å²) in [6.07, 6.45) is 0.719. The first-order valence-electron chi connectivity index (χ1n) is 11.1. The van der Waals surface area contributed by atoms with Crippen molar-refractivity contribution in [2.75, 3.05) is 31.5 Å². The lowest BCUT2D eigenvalue weighted by Crippen LogP contribution is -2.40. The van der Waals surface area contributed by atoms with E-state index in [0.29, 0.717) is 31.7 Å². The molecule has 1 N–H and O–H groups in total. The smallest absolute Gasteiger partial charge is 0.293 e. The van der Waals surface area contributed by atoms with Gasteiger partial charge in [-0.2, -0.15) is 11.3 Å². The third kappa shape index (κ3) is 5.32. The highest BCUT2D eigenvalue weighted by Crippen LogP contribution is 2.29. The van der Waals surface area contributed by atoms with Gasteiger partial charge in [-0.15, -0.1) is 0 Å². The average Bonchev–Trinajstić information content (AvgIpc) is 3.27. The fourth-order valence-electron chi connectivity index (χ4n) is 4.23. The molecule has 1 aromatic heterocycles. The third-order valence-electron chi connectivity index (χ3n) is 5.92. The molecule has 1 saturated heterocycles. The summed E-state index contributed by atoms with van der Waals surface area (Å²) >= 11 is 1.49. The van der Waals surface area contributed by atoms with E-state index in [1.807, 2.05) is 57.0 Å². The second-order valence-corrected chi connectivity index (χ2v) is 9.05. The highest BCUT2D eigenvalue weighted by atomic mass is 32.1. The molecule has 34 heavy (non-hydrogen) atoms. The van der Waals surface area contributed by atoms with Crippen molar-refractivity contribution in [2.45, 2.75) is 19.4 Å². The number of carbonyl (C=O) groups excluding carboxylic acids is 2. The molecular formula is C25H26N4O4S. The minimum absolute atomic E-state index is 0.000840. The summed E-state index contributed by atoms with van der Waals surface area (Å²) in [4.78, 5) is 41.3. The van der Waals surface area contributed by atoms with Crippen LogP contribution in [0, 0.1) is 17.0 Å². The first kappa shape index (κ1) is 23.6. The van der Waals surface area contributed by atoms with Crippen LogP contribution in [0.25, 0.3) is 0 Å². The Morgan fingerprint density at radius 2 is 1.85 bits per heavy atom. The molecule has 2 heterocycles. The van der Waals surface area contributed by atoms with Crippen molar-refractivity contribution in [3.63, 3.8) is 0 Å². The van der Waals surface area contributed by atoms with E-state index >= 15 is 0 Å². The summed E-state index contributed by atoms with van der Waals surface area (Å²) < 4.78 is 0. The van der Waals surface area contributed by atoms with Crippen molar-refractivity contribution in [2.24, 2.45) is 0 Å². The van der Waals surface area contributed by atoms with E-state index < -0.39 is 11.0 Å². The zero-order chi connectivity index (χ0) is 24.1. The predicted molar refractivity (Wildman–Crippen MR) is 132 cm³/mol. The second-order valence-electron chi connectivity index (χ2n) is 8.27. The van der Waals surface area contributed by atoms with Gasteiger partial charge in [-0.05, 0) is 42.0 Å². The number of hydrogen-bond acceptors (Lipinski definition) is 6. The molecule has 4 rings (SSSR count). The molecule has 0 radical (unpaired) electrons. The Hall–Kier alpha value is -3.56. The van der Waals surface area contributed by atoms with Crippen LogP contribution in [0.5, 0.6) is 0 Å². The predicted octanol–water partition coefficient (Wildman–Crippen LogP) is 4.49. The number of rotatable bonds is 6. The first-order chi connectivity index (χ1) is 16.4. The molecule has 3 aromatic rings. The number of nitrogens with zero attached hydrogens (tertiary/aromatic N) is 3. The van der Waals surface area contributed by atoms with Crippen LogP contribution in [0.15, 0.2) is 65.4 Å². The Morgan fingerprint density at radius 1 is 1.06 bits per heavy atom. The van der Waals surface area contributed by atoms with Crippen LogP contribution in [0.1, 0.15) is 33.9 Å². The van der Waals surface area contributed by atoms with Gasteiger partial charge in [0.05, 0.1) is 10.5 Å². The SMILES string of the molecule is Cc1ccc(NC(=O)C(c2ccccc2)N2CCCN(C(=O)c3ccsc3)CC2)c([N+](=O)[O-])c1. The summed E-state index contributed by atoms with van der Waals surface area (Å²) in [5.41, 5.74) is 2.26. The van der Waals surface area contributed by atoms with Crippen molar-refractivity contribution >= 4 is 34.5 Å². The summed E-state index contributed by atoms with van der Waals surface area (Å²) in [6.45, 7) is 4.01. The van der Waals surface area contributed by atoms with Gasteiger partial charge in [-0.25, -0.2) is 0 Å². The largest absolute Gasteiger partial charge is 0.337 e. The fraction of sp³-hybridized carbons (Fsp3) is 0.280. The number of carbonyl (C=O) groups is 2. The number of hydrogen-bond donors (Lipinski definition) is 1. The van der Waals surface area contributed by atoms with Crippen LogP contribution in [0.2, 0.25) is 0 Å². The number of nitro benzene ring substituents is 1. The van der Waals surface area contributed by atoms with Gasteiger partial charge in [0, 0.05) is 37.6 Å². The van der Waals surface area contributed by atoms with E-state index in [0.717, 1.165) is 17.5 Å². The normalized spacial score (nSPS) is 15.4. The van der Waals surface area contributed by atoms with Gasteiger partial charge in [0.15, 0.2) is 0 Å². The van der Waals surface area contributed by atoms with Gasteiger partial charge in [-0.1, -0.05) is 36.4 Å². The summed E-state index contributed by atoms with van der Waals surface area (Å²) in [5, 5.41) is 18.1. The molecule has 2 amide bonds. The van der Waals surface area contributed by atoms with Crippen molar-refractivity contribution in [1.82, 2.24) is 9.80 Å². The highest BCUT2D eigenvalue weighted by molar-refractivity contribution is 7.08. The van der Waals surface area contributed by atoms with Crippen LogP contribution in [0.3, 0.4) is 0 Å². The molecule has 176 valence electrons. The van der Waals surface area contributed by atoms with Crippen molar-refractivity contribution < 1.29 is 14.5 Å². The van der Waals surface area contributed by atoms with Gasteiger partial charge < -0.3 is 10.2 Å². The number of amides is 2. The summed E-state index contributed by atoms with van der Waals surface area (Å²) in [7, 11) is 0. The third-order valence-corrected chi connectivity index (χ3v) is 6.61. The average molecular weight is 479 g/mol. The molecule has 0 saturated carbocycles. The number of benzene rings is 2. The monoisotopic (exact) mass is 478 g/mol. The number of aryl methyl sites for hydroxylation is 1. The van der Waals surface area contributed by atoms with E-state index in [-0.39, 0.29) is 23.2 Å². The lowest BCUT2D eigenvalue weighted by molar-refractivity contribution is -0.384. The number of thiophene rings is 1. The Bertz CT molecular complexity index is 1170. The molecular weight excluding hydrogens is 452 g/mol. The van der Waals surface area contributed by atoms with E-state index in [1.165, 1.54) is 17.4 Å².